The number of carbonyl (C=O) groups excluding carboxylic acids is 1. The van der Waals surface area contributed by atoms with Crippen LogP contribution in [0.15, 0.2) is 18.5 Å². The first-order valence-corrected chi connectivity index (χ1v) is 7.56. The van der Waals surface area contributed by atoms with Crippen molar-refractivity contribution in [2.45, 2.75) is 32.9 Å². The maximum Gasteiger partial charge on any atom is 0.220 e. The quantitative estimate of drug-likeness (QED) is 0.767. The molecule has 0 aromatic carbocycles. The summed E-state index contributed by atoms with van der Waals surface area (Å²) in [6, 6.07) is 1.98. The number of carbonyl (C=O) groups is 1. The third-order valence-corrected chi connectivity index (χ3v) is 3.58. The summed E-state index contributed by atoms with van der Waals surface area (Å²) in [7, 11) is 1.89. The lowest BCUT2D eigenvalue weighted by molar-refractivity contribution is -0.121. The number of nitrogens with zero attached hydrogens (tertiary/aromatic N) is 4. The lowest BCUT2D eigenvalue weighted by Crippen LogP contribution is -2.23. The Morgan fingerprint density at radius 1 is 1.50 bits per heavy atom. The summed E-state index contributed by atoms with van der Waals surface area (Å²) in [5, 5.41) is 11.4. The van der Waals surface area contributed by atoms with E-state index in [1.807, 2.05) is 37.1 Å². The number of aromatic nitrogens is 4. The maximum atomic E-state index is 11.7. The molecule has 0 atom stereocenters. The summed E-state index contributed by atoms with van der Waals surface area (Å²) in [5.74, 6) is 0.0511. The second kappa shape index (κ2) is 6.87. The summed E-state index contributed by atoms with van der Waals surface area (Å²) < 4.78 is 4.77. The van der Waals surface area contributed by atoms with E-state index in [1.165, 1.54) is 0 Å². The van der Waals surface area contributed by atoms with Gasteiger partial charge in [0.05, 0.1) is 22.0 Å². The van der Waals surface area contributed by atoms with Gasteiger partial charge in [-0.25, -0.2) is 0 Å². The molecule has 108 valence electrons. The van der Waals surface area contributed by atoms with Crippen LogP contribution in [0.2, 0.25) is 0 Å². The Hall–Kier alpha value is -1.38. The zero-order chi connectivity index (χ0) is 14.5. The first-order valence-electron chi connectivity index (χ1n) is 6.49. The topological polar surface area (TPSA) is 64.7 Å². The molecule has 2 aromatic heterocycles. The zero-order valence-electron chi connectivity index (χ0n) is 11.6. The molecule has 0 saturated carbocycles. The summed E-state index contributed by atoms with van der Waals surface area (Å²) in [4.78, 5) is 11.7. The highest BCUT2D eigenvalue weighted by atomic mass is 127. The molecule has 0 aliphatic rings. The van der Waals surface area contributed by atoms with E-state index in [2.05, 4.69) is 38.1 Å². The van der Waals surface area contributed by atoms with Crippen LogP contribution in [0.1, 0.15) is 24.2 Å². The predicted molar refractivity (Wildman–Crippen MR) is 84.0 cm³/mol. The van der Waals surface area contributed by atoms with Gasteiger partial charge in [0, 0.05) is 31.9 Å². The lowest BCUT2D eigenvalue weighted by Gasteiger charge is -2.03. The van der Waals surface area contributed by atoms with Crippen molar-refractivity contribution in [3.8, 4) is 0 Å². The Bertz CT molecular complexity index is 570. The van der Waals surface area contributed by atoms with E-state index in [9.17, 15) is 4.79 Å². The van der Waals surface area contributed by atoms with Gasteiger partial charge >= 0.3 is 0 Å². The minimum Gasteiger partial charge on any atom is -0.350 e. The molecule has 20 heavy (non-hydrogen) atoms. The second-order valence-corrected chi connectivity index (χ2v) is 5.95. The van der Waals surface area contributed by atoms with Gasteiger partial charge in [-0.1, -0.05) is 0 Å². The molecule has 2 heterocycles. The van der Waals surface area contributed by atoms with Crippen molar-refractivity contribution in [2.75, 3.05) is 0 Å². The molecular weight excluding hydrogens is 369 g/mol. The van der Waals surface area contributed by atoms with Crippen LogP contribution >= 0.6 is 22.6 Å². The second-order valence-electron chi connectivity index (χ2n) is 4.70. The van der Waals surface area contributed by atoms with Gasteiger partial charge in [0.2, 0.25) is 5.91 Å². The predicted octanol–water partition coefficient (Wildman–Crippen LogP) is 1.63. The van der Waals surface area contributed by atoms with Crippen LogP contribution in [0.3, 0.4) is 0 Å². The maximum absolute atomic E-state index is 11.7. The van der Waals surface area contributed by atoms with Crippen molar-refractivity contribution in [3.63, 3.8) is 0 Å². The number of hydrogen-bond donors (Lipinski definition) is 1. The Balaban J connectivity index is 1.68. The molecule has 6 nitrogen and oxygen atoms in total. The van der Waals surface area contributed by atoms with Crippen LogP contribution in [-0.4, -0.2) is 25.5 Å². The van der Waals surface area contributed by atoms with E-state index < -0.39 is 0 Å². The molecule has 0 bridgehead atoms. The third-order valence-electron chi connectivity index (χ3n) is 3.02. The molecule has 0 spiro atoms. The molecular formula is C13H18IN5O. The normalized spacial score (nSPS) is 10.8. The number of rotatable bonds is 6. The Morgan fingerprint density at radius 3 is 2.90 bits per heavy atom. The van der Waals surface area contributed by atoms with E-state index in [0.29, 0.717) is 13.0 Å². The average Bonchev–Trinajstić information content (AvgIpc) is 2.94. The molecule has 0 radical (unpaired) electrons. The van der Waals surface area contributed by atoms with E-state index in [0.717, 1.165) is 27.9 Å². The van der Waals surface area contributed by atoms with Crippen molar-refractivity contribution in [3.05, 3.63) is 33.4 Å². The van der Waals surface area contributed by atoms with Crippen LogP contribution in [0, 0.1) is 10.5 Å². The summed E-state index contributed by atoms with van der Waals surface area (Å²) in [5.41, 5.74) is 1.97. The molecule has 0 unspecified atom stereocenters. The number of halogens is 1. The van der Waals surface area contributed by atoms with Crippen LogP contribution < -0.4 is 5.32 Å². The van der Waals surface area contributed by atoms with Crippen LogP contribution in [0.25, 0.3) is 0 Å². The molecule has 1 amide bonds. The minimum atomic E-state index is 0.0511. The van der Waals surface area contributed by atoms with Crippen LogP contribution in [0.5, 0.6) is 0 Å². The van der Waals surface area contributed by atoms with Crippen molar-refractivity contribution in [2.24, 2.45) is 7.05 Å². The largest absolute Gasteiger partial charge is 0.350 e. The average molecular weight is 387 g/mol. The molecule has 0 aliphatic heterocycles. The van der Waals surface area contributed by atoms with Gasteiger partial charge in [-0.15, -0.1) is 0 Å². The molecule has 2 aromatic rings. The highest BCUT2D eigenvalue weighted by molar-refractivity contribution is 14.1. The van der Waals surface area contributed by atoms with E-state index in [-0.39, 0.29) is 5.91 Å². The van der Waals surface area contributed by atoms with Crippen molar-refractivity contribution >= 4 is 28.5 Å². The molecule has 0 fully saturated rings. The monoisotopic (exact) mass is 387 g/mol. The van der Waals surface area contributed by atoms with E-state index in [4.69, 9.17) is 0 Å². The number of nitrogens with one attached hydrogen (secondary N) is 1. The first kappa shape index (κ1) is 15.0. The van der Waals surface area contributed by atoms with Crippen molar-refractivity contribution in [1.82, 2.24) is 24.9 Å². The van der Waals surface area contributed by atoms with Gasteiger partial charge in [0.25, 0.3) is 0 Å². The molecule has 7 heteroatoms. The Kier molecular flexibility index (Phi) is 5.16. The van der Waals surface area contributed by atoms with Gasteiger partial charge in [0.1, 0.15) is 0 Å². The lowest BCUT2D eigenvalue weighted by atomic mass is 10.3. The molecule has 1 N–H and O–H groups in total. The Morgan fingerprint density at radius 2 is 2.30 bits per heavy atom. The smallest absolute Gasteiger partial charge is 0.220 e. The highest BCUT2D eigenvalue weighted by Gasteiger charge is 2.05. The minimum absolute atomic E-state index is 0.0511. The third kappa shape index (κ3) is 4.32. The summed E-state index contributed by atoms with van der Waals surface area (Å²) >= 11 is 2.22. The van der Waals surface area contributed by atoms with Gasteiger partial charge in [0.15, 0.2) is 0 Å². The van der Waals surface area contributed by atoms with Crippen LogP contribution in [0.4, 0.5) is 0 Å². The fourth-order valence-electron chi connectivity index (χ4n) is 1.86. The molecule has 2 rings (SSSR count). The zero-order valence-corrected chi connectivity index (χ0v) is 13.8. The number of aryl methyl sites for hydroxylation is 3. The Labute approximate surface area is 131 Å². The first-order chi connectivity index (χ1) is 9.54. The molecule has 0 saturated heterocycles. The molecule has 0 aliphatic carbocycles. The standard InChI is InChI=1S/C13H18IN5O/c1-10-6-12(17-18(10)2)8-15-13(20)4-3-5-19-9-11(14)7-16-19/h6-7,9H,3-5,8H2,1-2H3,(H,15,20). The number of amides is 1. The fourth-order valence-corrected chi connectivity index (χ4v) is 2.31. The van der Waals surface area contributed by atoms with Crippen molar-refractivity contribution < 1.29 is 4.79 Å². The van der Waals surface area contributed by atoms with Crippen molar-refractivity contribution in [1.29, 1.82) is 0 Å². The summed E-state index contributed by atoms with van der Waals surface area (Å²) in [6.45, 7) is 3.24. The van der Waals surface area contributed by atoms with E-state index in [1.54, 1.807) is 4.68 Å². The fraction of sp³-hybridized carbons (Fsp3) is 0.462. The van der Waals surface area contributed by atoms with Gasteiger partial charge in [-0.05, 0) is 42.0 Å². The SMILES string of the molecule is Cc1cc(CNC(=O)CCCn2cc(I)cn2)nn1C. The van der Waals surface area contributed by atoms with Gasteiger partial charge in [-0.2, -0.15) is 10.2 Å². The number of hydrogen-bond acceptors (Lipinski definition) is 3. The van der Waals surface area contributed by atoms with Gasteiger partial charge < -0.3 is 5.32 Å². The van der Waals surface area contributed by atoms with E-state index >= 15 is 0 Å². The highest BCUT2D eigenvalue weighted by Crippen LogP contribution is 2.03. The van der Waals surface area contributed by atoms with Crippen LogP contribution in [-0.2, 0) is 24.9 Å². The summed E-state index contributed by atoms with van der Waals surface area (Å²) in [6.07, 6.45) is 5.06. The van der Waals surface area contributed by atoms with Gasteiger partial charge in [-0.3, -0.25) is 14.2 Å².